The minimum atomic E-state index is -0.966. The molecule has 0 amide bonds. The van der Waals surface area contributed by atoms with E-state index >= 15 is 0 Å². The van der Waals surface area contributed by atoms with Gasteiger partial charge in [-0.05, 0) is 12.0 Å². The summed E-state index contributed by atoms with van der Waals surface area (Å²) in [6.45, 7) is 1.55. The van der Waals surface area contributed by atoms with Crippen LogP contribution in [0.5, 0.6) is 0 Å². The summed E-state index contributed by atoms with van der Waals surface area (Å²) in [5, 5.41) is 8.66. The van der Waals surface area contributed by atoms with Gasteiger partial charge in [-0.3, -0.25) is 14.4 Å². The zero-order valence-electron chi connectivity index (χ0n) is 11.9. The van der Waals surface area contributed by atoms with Crippen LogP contribution in [0.4, 0.5) is 0 Å². The highest BCUT2D eigenvalue weighted by Gasteiger charge is 2.07. The maximum Gasteiger partial charge on any atom is 0.303 e. The second-order valence-electron chi connectivity index (χ2n) is 4.47. The third-order valence-corrected chi connectivity index (χ3v) is 3.55. The molecule has 0 saturated heterocycles. The number of hydrogen-bond donors (Lipinski definition) is 1. The molecule has 0 unspecified atom stereocenters. The van der Waals surface area contributed by atoms with E-state index in [2.05, 4.69) is 0 Å². The Bertz CT molecular complexity index is 532. The molecule has 0 aromatic heterocycles. The van der Waals surface area contributed by atoms with E-state index in [1.165, 1.54) is 11.8 Å². The maximum atomic E-state index is 11.7. The Kier molecular flexibility index (Phi) is 7.46. The van der Waals surface area contributed by atoms with E-state index in [1.54, 1.807) is 19.1 Å². The molecule has 0 aliphatic heterocycles. The minimum Gasteiger partial charge on any atom is -0.481 e. The molecule has 0 atom stereocenters. The molecular formula is C16H18O4S. The molecule has 0 aliphatic rings. The van der Waals surface area contributed by atoms with E-state index < -0.39 is 5.97 Å². The highest BCUT2D eigenvalue weighted by molar-refractivity contribution is 8.13. The first kappa shape index (κ1) is 17.2. The van der Waals surface area contributed by atoms with Crippen LogP contribution in [-0.2, 0) is 9.59 Å². The summed E-state index contributed by atoms with van der Waals surface area (Å²) in [6.07, 6.45) is 4.61. The first-order chi connectivity index (χ1) is 9.99. The lowest BCUT2D eigenvalue weighted by Gasteiger charge is -2.00. The molecule has 0 bridgehead atoms. The highest BCUT2D eigenvalue weighted by Crippen LogP contribution is 2.11. The molecule has 0 fully saturated rings. The summed E-state index contributed by atoms with van der Waals surface area (Å²) >= 11 is 1.30. The summed E-state index contributed by atoms with van der Waals surface area (Å²) < 4.78 is 0. The molecule has 112 valence electrons. The molecule has 0 radical (unpaired) electrons. The molecule has 1 aromatic carbocycles. The predicted octanol–water partition coefficient (Wildman–Crippen LogP) is 3.42. The number of carboxylic acid groups (broad SMARTS) is 1. The van der Waals surface area contributed by atoms with E-state index in [0.29, 0.717) is 5.56 Å². The number of aliphatic carboxylic acids is 1. The SMILES string of the molecule is CC(=O)SCCC=Cc1ccc(C(=O)CCC(=O)O)cc1. The van der Waals surface area contributed by atoms with Crippen LogP contribution in [0.15, 0.2) is 30.3 Å². The van der Waals surface area contributed by atoms with Crippen molar-refractivity contribution < 1.29 is 19.5 Å². The third kappa shape index (κ3) is 7.46. The molecule has 0 saturated carbocycles. The molecule has 0 heterocycles. The van der Waals surface area contributed by atoms with Crippen molar-refractivity contribution in [2.75, 3.05) is 5.75 Å². The zero-order valence-corrected chi connectivity index (χ0v) is 12.7. The number of carbonyl (C=O) groups is 3. The van der Waals surface area contributed by atoms with Crippen LogP contribution in [0.1, 0.15) is 42.1 Å². The van der Waals surface area contributed by atoms with E-state index in [1.807, 2.05) is 24.3 Å². The minimum absolute atomic E-state index is 0.0206. The summed E-state index contributed by atoms with van der Waals surface area (Å²) in [5.41, 5.74) is 1.50. The smallest absolute Gasteiger partial charge is 0.303 e. The van der Waals surface area contributed by atoms with E-state index in [0.717, 1.165) is 17.7 Å². The van der Waals surface area contributed by atoms with Gasteiger partial charge in [-0.2, -0.15) is 0 Å². The van der Waals surface area contributed by atoms with Crippen LogP contribution >= 0.6 is 11.8 Å². The van der Waals surface area contributed by atoms with Gasteiger partial charge in [0.05, 0.1) is 6.42 Å². The Morgan fingerprint density at radius 3 is 2.38 bits per heavy atom. The molecule has 1 rings (SSSR count). The van der Waals surface area contributed by atoms with Crippen molar-refractivity contribution in [2.45, 2.75) is 26.2 Å². The molecule has 21 heavy (non-hydrogen) atoms. The van der Waals surface area contributed by atoms with Gasteiger partial charge in [0.25, 0.3) is 0 Å². The fraction of sp³-hybridized carbons (Fsp3) is 0.312. The van der Waals surface area contributed by atoms with Gasteiger partial charge in [-0.1, -0.05) is 48.2 Å². The van der Waals surface area contributed by atoms with Crippen LogP contribution in [0, 0.1) is 0 Å². The molecule has 4 nitrogen and oxygen atoms in total. The fourth-order valence-electron chi connectivity index (χ4n) is 1.64. The van der Waals surface area contributed by atoms with Gasteiger partial charge in [0.2, 0.25) is 0 Å². The lowest BCUT2D eigenvalue weighted by molar-refractivity contribution is -0.136. The molecular weight excluding hydrogens is 288 g/mol. The van der Waals surface area contributed by atoms with Gasteiger partial charge in [0, 0.05) is 24.7 Å². The standard InChI is InChI=1S/C16H18O4S/c1-12(17)21-11-3-2-4-13-5-7-14(8-6-13)15(18)9-10-16(19)20/h2,4-8H,3,9-11H2,1H3,(H,19,20). The number of benzene rings is 1. The van der Waals surface area contributed by atoms with E-state index in [4.69, 9.17) is 5.11 Å². The van der Waals surface area contributed by atoms with Crippen LogP contribution in [0.3, 0.4) is 0 Å². The van der Waals surface area contributed by atoms with Crippen molar-refractivity contribution in [1.29, 1.82) is 0 Å². The van der Waals surface area contributed by atoms with Crippen molar-refractivity contribution in [3.8, 4) is 0 Å². The van der Waals surface area contributed by atoms with Gasteiger partial charge in [0.1, 0.15) is 0 Å². The summed E-state index contributed by atoms with van der Waals surface area (Å²) in [7, 11) is 0. The Balaban J connectivity index is 2.46. The molecule has 0 aliphatic carbocycles. The van der Waals surface area contributed by atoms with Crippen molar-refractivity contribution >= 4 is 34.7 Å². The molecule has 0 spiro atoms. The Morgan fingerprint density at radius 2 is 1.81 bits per heavy atom. The second-order valence-corrected chi connectivity index (χ2v) is 5.74. The highest BCUT2D eigenvalue weighted by atomic mass is 32.2. The van der Waals surface area contributed by atoms with Crippen molar-refractivity contribution in [3.63, 3.8) is 0 Å². The number of thioether (sulfide) groups is 1. The van der Waals surface area contributed by atoms with E-state index in [9.17, 15) is 14.4 Å². The second kappa shape index (κ2) is 9.13. The summed E-state index contributed by atoms with van der Waals surface area (Å²) in [4.78, 5) is 32.9. The van der Waals surface area contributed by atoms with E-state index in [-0.39, 0.29) is 23.7 Å². The first-order valence-electron chi connectivity index (χ1n) is 6.64. The van der Waals surface area contributed by atoms with Gasteiger partial charge in [-0.25, -0.2) is 0 Å². The maximum absolute atomic E-state index is 11.7. The summed E-state index contributed by atoms with van der Waals surface area (Å²) in [5.74, 6) is -0.366. The number of rotatable bonds is 8. The predicted molar refractivity (Wildman–Crippen MR) is 84.4 cm³/mol. The average molecular weight is 306 g/mol. The number of carbonyl (C=O) groups excluding carboxylic acids is 2. The lowest BCUT2D eigenvalue weighted by atomic mass is 10.0. The van der Waals surface area contributed by atoms with Gasteiger partial charge in [0.15, 0.2) is 10.9 Å². The molecule has 5 heteroatoms. The topological polar surface area (TPSA) is 71.4 Å². The molecule has 1 N–H and O–H groups in total. The van der Waals surface area contributed by atoms with Gasteiger partial charge >= 0.3 is 5.97 Å². The number of Topliss-reactive ketones (excluding diaryl/α,β-unsaturated/α-hetero) is 1. The zero-order chi connectivity index (χ0) is 15.7. The number of carboxylic acids is 1. The lowest BCUT2D eigenvalue weighted by Crippen LogP contribution is -2.03. The number of allylic oxidation sites excluding steroid dienone is 1. The van der Waals surface area contributed by atoms with Crippen LogP contribution in [0.2, 0.25) is 0 Å². The Hall–Kier alpha value is -1.88. The monoisotopic (exact) mass is 306 g/mol. The van der Waals surface area contributed by atoms with Crippen LogP contribution < -0.4 is 0 Å². The largest absolute Gasteiger partial charge is 0.481 e. The average Bonchev–Trinajstić information content (AvgIpc) is 2.44. The quantitative estimate of drug-likeness (QED) is 0.588. The Morgan fingerprint density at radius 1 is 1.14 bits per heavy atom. The van der Waals surface area contributed by atoms with Crippen molar-refractivity contribution in [2.24, 2.45) is 0 Å². The molecule has 1 aromatic rings. The van der Waals surface area contributed by atoms with Gasteiger partial charge < -0.3 is 5.11 Å². The normalized spacial score (nSPS) is 10.7. The summed E-state index contributed by atoms with van der Waals surface area (Å²) in [6, 6.07) is 7.05. The Labute approximate surface area is 128 Å². The number of ketones is 1. The first-order valence-corrected chi connectivity index (χ1v) is 7.62. The van der Waals surface area contributed by atoms with Crippen LogP contribution in [0.25, 0.3) is 6.08 Å². The fourth-order valence-corrected chi connectivity index (χ4v) is 2.18. The van der Waals surface area contributed by atoms with Crippen molar-refractivity contribution in [1.82, 2.24) is 0 Å². The van der Waals surface area contributed by atoms with Crippen molar-refractivity contribution in [3.05, 3.63) is 41.5 Å². The number of hydrogen-bond acceptors (Lipinski definition) is 4. The third-order valence-electron chi connectivity index (χ3n) is 2.70. The van der Waals surface area contributed by atoms with Gasteiger partial charge in [-0.15, -0.1) is 0 Å². The van der Waals surface area contributed by atoms with Crippen LogP contribution in [-0.4, -0.2) is 27.7 Å².